The number of rotatable bonds is 7. The van der Waals surface area contributed by atoms with Gasteiger partial charge in [0.2, 0.25) is 0 Å². The second-order valence-electron chi connectivity index (χ2n) is 26.9. The Morgan fingerprint density at radius 2 is 0.647 bits per heavy atom. The first-order valence-corrected chi connectivity index (χ1v) is 36.4. The molecule has 0 bridgehead atoms. The summed E-state index contributed by atoms with van der Waals surface area (Å²) in [4.78, 5) is 0. The highest BCUT2D eigenvalue weighted by atomic mass is 32.1. The summed E-state index contributed by atoms with van der Waals surface area (Å²) in [6, 6.07) is 112. The quantitative estimate of drug-likeness (QED) is 0.160. The zero-order valence-corrected chi connectivity index (χ0v) is 56.4. The fourth-order valence-electron chi connectivity index (χ4n) is 17.8. The van der Waals surface area contributed by atoms with E-state index in [1.54, 1.807) is 22.7 Å². The second kappa shape index (κ2) is 21.7. The number of allylic oxidation sites excluding steroid dienone is 1. The SMILES string of the molecule is N#Cc1c(-n2c3ccccc3c3ccccc32)c(-n2c3cccc(-c4ccccc4-c4cccc5ccccc45)c3c3ccc4c5ccccc5sc4c32)c(C#N)c(-n2c3c(c4ccccc42)C=CCC3)c1-n1c2cccc(-c3cccc4ccccc34)c2c2ccc3c4ccccc4sc3c21. The molecule has 0 fully saturated rings. The summed E-state index contributed by atoms with van der Waals surface area (Å²) in [5, 5.41) is 43.9. The van der Waals surface area contributed by atoms with Crippen molar-refractivity contribution in [1.82, 2.24) is 18.3 Å². The minimum Gasteiger partial charge on any atom is -0.310 e. The topological polar surface area (TPSA) is 67.3 Å². The van der Waals surface area contributed by atoms with E-state index >= 15 is 0 Å². The van der Waals surface area contributed by atoms with E-state index in [9.17, 15) is 10.5 Å². The Labute approximate surface area is 592 Å². The van der Waals surface area contributed by atoms with Gasteiger partial charge in [0.05, 0.1) is 70.8 Å². The number of nitrogens with zero attached hydrogens (tertiary/aromatic N) is 6. The van der Waals surface area contributed by atoms with Crippen LogP contribution >= 0.6 is 22.7 Å². The molecule has 472 valence electrons. The second-order valence-corrected chi connectivity index (χ2v) is 29.0. The minimum absolute atomic E-state index is 0.423. The number of hydrogen-bond donors (Lipinski definition) is 0. The molecule has 0 atom stereocenters. The summed E-state index contributed by atoms with van der Waals surface area (Å²) in [7, 11) is 0. The largest absolute Gasteiger partial charge is 0.310 e. The van der Waals surface area contributed by atoms with Gasteiger partial charge in [0.1, 0.15) is 23.3 Å². The molecule has 6 aromatic heterocycles. The summed E-state index contributed by atoms with van der Waals surface area (Å²) < 4.78 is 14.1. The number of thiophene rings is 2. The maximum atomic E-state index is 13.7. The van der Waals surface area contributed by atoms with Crippen LogP contribution in [0.1, 0.15) is 28.8 Å². The molecule has 1 aliphatic rings. The molecule has 22 rings (SSSR count). The Kier molecular flexibility index (Phi) is 12.1. The standard InChI is InChI=1S/C94H54N6S2/c95-53-75-88(98-79-43-15-9-33-65(79)66-34-10-16-44-80(66)98)90(100-82-46-22-40-70(62-30-6-5-29-61(62)59-37-19-25-55-23-1-3-27-57(55)59)86(82)74-52-50-72-68-36-12-18-48-84(68)102-94(72)92(74)100)76(54-96)87(97-77-41-13-7-31-63(77)64-32-8-14-42-78(64)97)89(75)99-81-45-21-39-69(60-38-20-26-56-24-2-4-28-58(56)60)85(81)73-51-49-71-67-35-11-17-47-83(67)101-93(71)91(73)99/h1-13,15-41,43-52H,14,42H2. The molecule has 0 amide bonds. The molecule has 15 aromatic carbocycles. The Balaban J connectivity index is 1.01. The highest BCUT2D eigenvalue weighted by molar-refractivity contribution is 7.27. The van der Waals surface area contributed by atoms with Gasteiger partial charge in [0.25, 0.3) is 0 Å². The lowest BCUT2D eigenvalue weighted by molar-refractivity contribution is 0.878. The van der Waals surface area contributed by atoms with Gasteiger partial charge >= 0.3 is 0 Å². The minimum atomic E-state index is 0.423. The van der Waals surface area contributed by atoms with E-state index in [1.165, 1.54) is 20.9 Å². The summed E-state index contributed by atoms with van der Waals surface area (Å²) >= 11 is 3.58. The maximum Gasteiger partial charge on any atom is 0.104 e. The number of fused-ring (bicyclic) bond motifs is 22. The number of aromatic nitrogens is 4. The molecular weight excluding hydrogens is 1280 g/mol. The predicted octanol–water partition coefficient (Wildman–Crippen LogP) is 25.7. The molecule has 21 aromatic rings. The van der Waals surface area contributed by atoms with Gasteiger partial charge in [-0.05, 0) is 110 Å². The maximum absolute atomic E-state index is 13.7. The van der Waals surface area contributed by atoms with Gasteiger partial charge in [-0.1, -0.05) is 261 Å². The van der Waals surface area contributed by atoms with E-state index < -0.39 is 0 Å². The molecular formula is C94H54N6S2. The first-order valence-electron chi connectivity index (χ1n) is 34.7. The highest BCUT2D eigenvalue weighted by Crippen LogP contribution is 2.55. The number of hydrogen-bond acceptors (Lipinski definition) is 4. The molecule has 0 radical (unpaired) electrons. The van der Waals surface area contributed by atoms with E-state index in [1.807, 2.05) is 0 Å². The van der Waals surface area contributed by atoms with Gasteiger partial charge in [-0.25, -0.2) is 0 Å². The number of para-hydroxylation sites is 3. The summed E-state index contributed by atoms with van der Waals surface area (Å²) in [5.74, 6) is 0. The fourth-order valence-corrected chi connectivity index (χ4v) is 20.3. The zero-order chi connectivity index (χ0) is 67.0. The first-order chi connectivity index (χ1) is 50.6. The van der Waals surface area contributed by atoms with Gasteiger partial charge in [-0.2, -0.15) is 10.5 Å². The first kappa shape index (κ1) is 56.9. The monoisotopic (exact) mass is 1330 g/mol. The van der Waals surface area contributed by atoms with Crippen LogP contribution in [0, 0.1) is 22.7 Å². The van der Waals surface area contributed by atoms with Gasteiger partial charge < -0.3 is 18.3 Å². The summed E-state index contributed by atoms with van der Waals surface area (Å²) in [6.45, 7) is 0. The number of benzene rings is 15. The van der Waals surface area contributed by atoms with E-state index in [0.717, 1.165) is 168 Å². The van der Waals surface area contributed by atoms with Crippen LogP contribution in [0.25, 0.3) is 200 Å². The normalized spacial score (nSPS) is 12.6. The molecule has 0 aliphatic heterocycles. The van der Waals surface area contributed by atoms with Crippen molar-refractivity contribution in [3.8, 4) is 68.3 Å². The van der Waals surface area contributed by atoms with Crippen molar-refractivity contribution >= 4 is 167 Å². The molecule has 6 nitrogen and oxygen atoms in total. The predicted molar refractivity (Wildman–Crippen MR) is 430 cm³/mol. The van der Waals surface area contributed by atoms with Crippen LogP contribution in [-0.2, 0) is 6.42 Å². The third kappa shape index (κ3) is 7.74. The van der Waals surface area contributed by atoms with Crippen molar-refractivity contribution < 1.29 is 0 Å². The van der Waals surface area contributed by atoms with Crippen molar-refractivity contribution in [2.24, 2.45) is 0 Å². The lowest BCUT2D eigenvalue weighted by Crippen LogP contribution is -2.18. The summed E-state index contributed by atoms with van der Waals surface area (Å²) in [6.07, 6.45) is 6.06. The van der Waals surface area contributed by atoms with Gasteiger partial charge in [0, 0.05) is 79.9 Å². The smallest absolute Gasteiger partial charge is 0.104 e. The Bertz CT molecular complexity index is 7360. The Morgan fingerprint density at radius 3 is 1.19 bits per heavy atom. The van der Waals surface area contributed by atoms with Gasteiger partial charge in [-0.15, -0.1) is 22.7 Å². The average molecular weight is 1330 g/mol. The molecule has 0 saturated carbocycles. The van der Waals surface area contributed by atoms with E-state index in [2.05, 4.69) is 334 Å². The van der Waals surface area contributed by atoms with Crippen LogP contribution in [0.2, 0.25) is 0 Å². The van der Waals surface area contributed by atoms with Crippen molar-refractivity contribution in [3.63, 3.8) is 0 Å². The third-order valence-corrected chi connectivity index (χ3v) is 24.3. The lowest BCUT2D eigenvalue weighted by atomic mass is 9.89. The fraction of sp³-hybridized carbons (Fsp3) is 0.0213. The van der Waals surface area contributed by atoms with Crippen LogP contribution < -0.4 is 0 Å². The van der Waals surface area contributed by atoms with Crippen molar-refractivity contribution in [2.75, 3.05) is 0 Å². The van der Waals surface area contributed by atoms with Crippen molar-refractivity contribution in [1.29, 1.82) is 10.5 Å². The average Bonchev–Trinajstić information content (AvgIpc) is 1.49. The van der Waals surface area contributed by atoms with Crippen LogP contribution in [0.3, 0.4) is 0 Å². The van der Waals surface area contributed by atoms with E-state index in [4.69, 9.17) is 0 Å². The van der Waals surface area contributed by atoms with E-state index in [0.29, 0.717) is 40.3 Å². The Hall–Kier alpha value is -13.1. The van der Waals surface area contributed by atoms with E-state index in [-0.39, 0.29) is 0 Å². The molecule has 0 unspecified atom stereocenters. The molecule has 0 N–H and O–H groups in total. The zero-order valence-electron chi connectivity index (χ0n) is 54.8. The van der Waals surface area contributed by atoms with Gasteiger partial charge in [0.15, 0.2) is 0 Å². The molecule has 1 aliphatic carbocycles. The van der Waals surface area contributed by atoms with Crippen LogP contribution in [0.4, 0.5) is 0 Å². The summed E-state index contributed by atoms with van der Waals surface area (Å²) in [5.41, 5.74) is 18.7. The molecule has 8 heteroatoms. The Morgan fingerprint density at radius 1 is 0.284 bits per heavy atom. The molecule has 0 spiro atoms. The molecule has 0 saturated heterocycles. The third-order valence-electron chi connectivity index (χ3n) is 21.9. The lowest BCUT2D eigenvalue weighted by Gasteiger charge is -2.27. The van der Waals surface area contributed by atoms with Crippen LogP contribution in [-0.4, -0.2) is 18.3 Å². The number of nitriles is 2. The molecule has 102 heavy (non-hydrogen) atoms. The van der Waals surface area contributed by atoms with Crippen molar-refractivity contribution in [3.05, 3.63) is 320 Å². The van der Waals surface area contributed by atoms with Crippen LogP contribution in [0.15, 0.2) is 297 Å². The van der Waals surface area contributed by atoms with Crippen molar-refractivity contribution in [2.45, 2.75) is 12.8 Å². The highest BCUT2D eigenvalue weighted by Gasteiger charge is 2.37. The van der Waals surface area contributed by atoms with Crippen LogP contribution in [0.5, 0.6) is 0 Å². The molecule has 6 heterocycles. The van der Waals surface area contributed by atoms with Gasteiger partial charge in [-0.3, -0.25) is 0 Å².